The SMILES string of the molecule is CCOc1cccc(C(=O)N2CCCC2C(=O)N2CCSCC2)c1. The van der Waals surface area contributed by atoms with E-state index in [1.54, 1.807) is 17.0 Å². The van der Waals surface area contributed by atoms with Crippen LogP contribution in [0.3, 0.4) is 0 Å². The van der Waals surface area contributed by atoms with Crippen molar-refractivity contribution >= 4 is 23.6 Å². The minimum Gasteiger partial charge on any atom is -0.494 e. The molecule has 0 aliphatic carbocycles. The molecule has 2 aliphatic rings. The fourth-order valence-electron chi connectivity index (χ4n) is 3.31. The number of nitrogens with zero attached hydrogens (tertiary/aromatic N) is 2. The maximum absolute atomic E-state index is 12.9. The van der Waals surface area contributed by atoms with Gasteiger partial charge in [-0.2, -0.15) is 11.8 Å². The van der Waals surface area contributed by atoms with E-state index in [1.807, 2.05) is 35.7 Å². The zero-order chi connectivity index (χ0) is 16.9. The van der Waals surface area contributed by atoms with E-state index in [2.05, 4.69) is 0 Å². The molecule has 2 heterocycles. The number of amides is 2. The van der Waals surface area contributed by atoms with Gasteiger partial charge >= 0.3 is 0 Å². The van der Waals surface area contributed by atoms with Crippen LogP contribution in [0.15, 0.2) is 24.3 Å². The summed E-state index contributed by atoms with van der Waals surface area (Å²) in [6, 6.07) is 6.92. The average Bonchev–Trinajstić information content (AvgIpc) is 3.11. The van der Waals surface area contributed by atoms with E-state index in [0.717, 1.165) is 37.4 Å². The smallest absolute Gasteiger partial charge is 0.254 e. The van der Waals surface area contributed by atoms with Gasteiger partial charge < -0.3 is 14.5 Å². The molecule has 130 valence electrons. The molecule has 2 amide bonds. The van der Waals surface area contributed by atoms with Gasteiger partial charge in [-0.1, -0.05) is 6.07 Å². The molecule has 24 heavy (non-hydrogen) atoms. The van der Waals surface area contributed by atoms with Crippen LogP contribution in [0.4, 0.5) is 0 Å². The summed E-state index contributed by atoms with van der Waals surface area (Å²) in [5.74, 6) is 2.71. The van der Waals surface area contributed by atoms with Crippen LogP contribution in [0.5, 0.6) is 5.75 Å². The van der Waals surface area contributed by atoms with Crippen molar-refractivity contribution in [3.63, 3.8) is 0 Å². The maximum Gasteiger partial charge on any atom is 0.254 e. The highest BCUT2D eigenvalue weighted by atomic mass is 32.2. The third-order valence-electron chi connectivity index (χ3n) is 4.51. The summed E-state index contributed by atoms with van der Waals surface area (Å²) in [7, 11) is 0. The number of hydrogen-bond donors (Lipinski definition) is 0. The monoisotopic (exact) mass is 348 g/mol. The zero-order valence-corrected chi connectivity index (χ0v) is 14.9. The molecular formula is C18H24N2O3S. The molecule has 0 saturated carbocycles. The normalized spacial score (nSPS) is 21.0. The predicted octanol–water partition coefficient (Wildman–Crippen LogP) is 2.27. The van der Waals surface area contributed by atoms with Crippen molar-refractivity contribution in [2.24, 2.45) is 0 Å². The van der Waals surface area contributed by atoms with Crippen LogP contribution < -0.4 is 4.74 Å². The lowest BCUT2D eigenvalue weighted by molar-refractivity contribution is -0.134. The van der Waals surface area contributed by atoms with E-state index in [0.29, 0.717) is 24.5 Å². The van der Waals surface area contributed by atoms with Gasteiger partial charge in [-0.05, 0) is 38.0 Å². The summed E-state index contributed by atoms with van der Waals surface area (Å²) in [4.78, 5) is 29.4. The second-order valence-corrected chi connectivity index (χ2v) is 7.28. The van der Waals surface area contributed by atoms with Crippen LogP contribution in [0.2, 0.25) is 0 Å². The lowest BCUT2D eigenvalue weighted by Gasteiger charge is -2.32. The van der Waals surface area contributed by atoms with E-state index in [-0.39, 0.29) is 17.9 Å². The van der Waals surface area contributed by atoms with Crippen molar-refractivity contribution in [2.45, 2.75) is 25.8 Å². The second kappa shape index (κ2) is 7.92. The molecule has 0 aromatic heterocycles. The molecule has 5 nitrogen and oxygen atoms in total. The van der Waals surface area contributed by atoms with Gasteiger partial charge in [-0.15, -0.1) is 0 Å². The first-order valence-corrected chi connectivity index (χ1v) is 9.76. The van der Waals surface area contributed by atoms with E-state index in [4.69, 9.17) is 4.74 Å². The van der Waals surface area contributed by atoms with Gasteiger partial charge in [0.05, 0.1) is 6.61 Å². The lowest BCUT2D eigenvalue weighted by Crippen LogP contribution is -2.50. The van der Waals surface area contributed by atoms with Gasteiger partial charge in [0.25, 0.3) is 5.91 Å². The highest BCUT2D eigenvalue weighted by Crippen LogP contribution is 2.24. The first kappa shape index (κ1) is 17.1. The Labute approximate surface area is 147 Å². The fraction of sp³-hybridized carbons (Fsp3) is 0.556. The Hall–Kier alpha value is -1.69. The van der Waals surface area contributed by atoms with E-state index < -0.39 is 0 Å². The third kappa shape index (κ3) is 3.69. The number of ether oxygens (including phenoxy) is 1. The first-order valence-electron chi connectivity index (χ1n) is 8.61. The van der Waals surface area contributed by atoms with E-state index in [1.165, 1.54) is 0 Å². The Bertz CT molecular complexity index is 602. The van der Waals surface area contributed by atoms with E-state index >= 15 is 0 Å². The number of carbonyl (C=O) groups excluding carboxylic acids is 2. The van der Waals surface area contributed by atoms with Gasteiger partial charge in [0.2, 0.25) is 5.91 Å². The number of carbonyl (C=O) groups is 2. The minimum absolute atomic E-state index is 0.0706. The Kier molecular flexibility index (Phi) is 5.66. The molecule has 3 rings (SSSR count). The van der Waals surface area contributed by atoms with Crippen LogP contribution in [0.25, 0.3) is 0 Å². The van der Waals surface area contributed by atoms with Crippen LogP contribution in [0.1, 0.15) is 30.1 Å². The minimum atomic E-state index is -0.309. The van der Waals surface area contributed by atoms with Crippen LogP contribution >= 0.6 is 11.8 Å². The van der Waals surface area contributed by atoms with Crippen LogP contribution in [-0.2, 0) is 4.79 Å². The van der Waals surface area contributed by atoms with Crippen molar-refractivity contribution in [2.75, 3.05) is 37.7 Å². The molecule has 0 radical (unpaired) electrons. The lowest BCUT2D eigenvalue weighted by atomic mass is 10.1. The fourth-order valence-corrected chi connectivity index (χ4v) is 4.22. The van der Waals surface area contributed by atoms with Crippen molar-refractivity contribution in [1.29, 1.82) is 0 Å². The summed E-state index contributed by atoms with van der Waals surface area (Å²) < 4.78 is 5.48. The molecule has 2 saturated heterocycles. The number of hydrogen-bond acceptors (Lipinski definition) is 4. The summed E-state index contributed by atoms with van der Waals surface area (Å²) in [6.07, 6.45) is 1.65. The largest absolute Gasteiger partial charge is 0.494 e. The average molecular weight is 348 g/mol. The van der Waals surface area contributed by atoms with Crippen molar-refractivity contribution in [3.8, 4) is 5.75 Å². The van der Waals surface area contributed by atoms with Crippen molar-refractivity contribution < 1.29 is 14.3 Å². The summed E-state index contributed by atoms with van der Waals surface area (Å²) in [5.41, 5.74) is 0.592. The molecule has 6 heteroatoms. The van der Waals surface area contributed by atoms with Gasteiger partial charge in [-0.25, -0.2) is 0 Å². The molecule has 1 unspecified atom stereocenters. The molecule has 0 bridgehead atoms. The Morgan fingerprint density at radius 3 is 2.79 bits per heavy atom. The standard InChI is InChI=1S/C18H24N2O3S/c1-2-23-15-6-3-5-14(13-15)17(21)20-8-4-7-16(20)18(22)19-9-11-24-12-10-19/h3,5-6,13,16H,2,4,7-12H2,1H3. The van der Waals surface area contributed by atoms with Gasteiger partial charge in [-0.3, -0.25) is 9.59 Å². The van der Waals surface area contributed by atoms with Crippen molar-refractivity contribution in [3.05, 3.63) is 29.8 Å². The quantitative estimate of drug-likeness (QED) is 0.837. The Morgan fingerprint density at radius 2 is 2.04 bits per heavy atom. The van der Waals surface area contributed by atoms with Crippen LogP contribution in [0, 0.1) is 0 Å². The summed E-state index contributed by atoms with van der Waals surface area (Å²) in [6.45, 7) is 4.72. The molecule has 0 N–H and O–H groups in total. The Balaban J connectivity index is 1.73. The Morgan fingerprint density at radius 1 is 1.25 bits per heavy atom. The first-order chi connectivity index (χ1) is 11.7. The third-order valence-corrected chi connectivity index (χ3v) is 5.46. The molecule has 2 aliphatic heterocycles. The number of benzene rings is 1. The highest BCUT2D eigenvalue weighted by Gasteiger charge is 2.37. The number of rotatable bonds is 4. The molecule has 1 aromatic carbocycles. The molecule has 1 atom stereocenters. The number of thioether (sulfide) groups is 1. The molecule has 2 fully saturated rings. The highest BCUT2D eigenvalue weighted by molar-refractivity contribution is 7.99. The topological polar surface area (TPSA) is 49.9 Å². The van der Waals surface area contributed by atoms with Crippen molar-refractivity contribution in [1.82, 2.24) is 9.80 Å². The molecule has 0 spiro atoms. The zero-order valence-electron chi connectivity index (χ0n) is 14.1. The van der Waals surface area contributed by atoms with Gasteiger partial charge in [0, 0.05) is 36.7 Å². The maximum atomic E-state index is 12.9. The van der Waals surface area contributed by atoms with Gasteiger partial charge in [0.1, 0.15) is 11.8 Å². The molecule has 1 aromatic rings. The van der Waals surface area contributed by atoms with Crippen LogP contribution in [-0.4, -0.2) is 65.4 Å². The number of likely N-dealkylation sites (tertiary alicyclic amines) is 1. The van der Waals surface area contributed by atoms with E-state index in [9.17, 15) is 9.59 Å². The second-order valence-electron chi connectivity index (χ2n) is 6.06. The van der Waals surface area contributed by atoms with Gasteiger partial charge in [0.15, 0.2) is 0 Å². The summed E-state index contributed by atoms with van der Waals surface area (Å²) >= 11 is 1.88. The molecular weight excluding hydrogens is 324 g/mol. The summed E-state index contributed by atoms with van der Waals surface area (Å²) in [5, 5.41) is 0. The predicted molar refractivity (Wildman–Crippen MR) is 95.6 cm³/mol.